The zero-order valence-electron chi connectivity index (χ0n) is 11.2. The van der Waals surface area contributed by atoms with E-state index in [0.717, 1.165) is 19.3 Å². The number of fused-ring (bicyclic) bond motifs is 1. The molecule has 0 spiro atoms. The summed E-state index contributed by atoms with van der Waals surface area (Å²) >= 11 is 1.40. The highest BCUT2D eigenvalue weighted by molar-refractivity contribution is 7.15. The Morgan fingerprint density at radius 1 is 1.65 bits per heavy atom. The van der Waals surface area contributed by atoms with Crippen LogP contribution in [0.5, 0.6) is 0 Å². The summed E-state index contributed by atoms with van der Waals surface area (Å²) in [5, 5.41) is 13.2. The molecule has 0 saturated heterocycles. The van der Waals surface area contributed by atoms with E-state index in [-0.39, 0.29) is 16.8 Å². The van der Waals surface area contributed by atoms with E-state index in [1.165, 1.54) is 11.3 Å². The maximum absolute atomic E-state index is 11.4. The van der Waals surface area contributed by atoms with Gasteiger partial charge in [0, 0.05) is 18.5 Å². The predicted molar refractivity (Wildman–Crippen MR) is 78.3 cm³/mol. The molecule has 0 radical (unpaired) electrons. The molecule has 1 aliphatic carbocycles. The highest BCUT2D eigenvalue weighted by atomic mass is 32.1. The normalized spacial score (nSPS) is 22.5. The van der Waals surface area contributed by atoms with Crippen LogP contribution in [0.4, 0.5) is 11.6 Å². The van der Waals surface area contributed by atoms with Gasteiger partial charge < -0.3 is 20.7 Å². The van der Waals surface area contributed by atoms with Gasteiger partial charge in [0.25, 0.3) is 4.96 Å². The van der Waals surface area contributed by atoms with Crippen molar-refractivity contribution >= 4 is 27.9 Å². The van der Waals surface area contributed by atoms with Crippen molar-refractivity contribution in [2.24, 2.45) is 11.7 Å². The summed E-state index contributed by atoms with van der Waals surface area (Å²) in [6.45, 7) is 0.616. The van der Waals surface area contributed by atoms with Crippen molar-refractivity contribution in [2.75, 3.05) is 18.5 Å². The molecular weight excluding hydrogens is 278 g/mol. The number of hydrogen-bond donors (Lipinski definition) is 1. The average molecular weight is 295 g/mol. The Balaban J connectivity index is 2.02. The van der Waals surface area contributed by atoms with E-state index in [2.05, 4.69) is 4.98 Å². The quantitative estimate of drug-likeness (QED) is 0.687. The molecule has 2 N–H and O–H groups in total. The molecule has 2 aromatic heterocycles. The molecule has 0 bridgehead atoms. The number of hydrogen-bond acceptors (Lipinski definition) is 6. The second-order valence-corrected chi connectivity index (χ2v) is 6.05. The molecule has 2 unspecified atom stereocenters. The zero-order chi connectivity index (χ0) is 14.3. The molecule has 8 heteroatoms. The first-order valence-corrected chi connectivity index (χ1v) is 7.54. The van der Waals surface area contributed by atoms with Crippen molar-refractivity contribution in [3.05, 3.63) is 21.7 Å². The predicted octanol–water partition coefficient (Wildman–Crippen LogP) is 1.87. The molecule has 2 heterocycles. The second-order valence-electron chi connectivity index (χ2n) is 5.18. The van der Waals surface area contributed by atoms with Gasteiger partial charge in [-0.15, -0.1) is 0 Å². The molecular formula is C12H17N5O2S. The van der Waals surface area contributed by atoms with Gasteiger partial charge in [-0.05, 0) is 30.2 Å². The average Bonchev–Trinajstić information content (AvgIpc) is 3.11. The number of thiazole rings is 1. The van der Waals surface area contributed by atoms with Crippen molar-refractivity contribution in [1.82, 2.24) is 9.38 Å². The molecule has 2 atom stereocenters. The topological polar surface area (TPSA) is 89.7 Å². The van der Waals surface area contributed by atoms with Gasteiger partial charge in [-0.3, -0.25) is 0 Å². The molecule has 3 rings (SSSR count). The molecule has 108 valence electrons. The van der Waals surface area contributed by atoms with E-state index >= 15 is 0 Å². The minimum absolute atomic E-state index is 0.0476. The molecule has 1 aliphatic rings. The maximum atomic E-state index is 11.4. The van der Waals surface area contributed by atoms with Gasteiger partial charge in [0.1, 0.15) is 6.20 Å². The molecule has 0 amide bonds. The lowest BCUT2D eigenvalue weighted by Crippen LogP contribution is -2.38. The standard InChI is InChI=1S/C12H17N5O2S/c1-15(9-4-2-3-8(9)7-13)10-11(17(18)19)16-5-6-20-12(16)14-10/h5-6,8-9H,2-4,7,13H2,1H3. The molecule has 0 aliphatic heterocycles. The minimum atomic E-state index is -0.356. The summed E-state index contributed by atoms with van der Waals surface area (Å²) in [6, 6.07) is 0.239. The second kappa shape index (κ2) is 5.02. The minimum Gasteiger partial charge on any atom is -0.358 e. The third-order valence-electron chi connectivity index (χ3n) is 4.15. The summed E-state index contributed by atoms with van der Waals surface area (Å²) in [7, 11) is 1.89. The van der Waals surface area contributed by atoms with Crippen LogP contribution in [-0.2, 0) is 0 Å². The first-order valence-electron chi connectivity index (χ1n) is 6.66. The number of imidazole rings is 1. The Kier molecular flexibility index (Phi) is 3.35. The largest absolute Gasteiger partial charge is 0.373 e. The Morgan fingerprint density at radius 3 is 3.15 bits per heavy atom. The lowest BCUT2D eigenvalue weighted by atomic mass is 10.0. The number of nitrogens with zero attached hydrogens (tertiary/aromatic N) is 4. The number of anilines is 1. The first-order chi connectivity index (χ1) is 9.63. The number of aromatic nitrogens is 2. The van der Waals surface area contributed by atoms with Gasteiger partial charge in [0.05, 0.1) is 0 Å². The van der Waals surface area contributed by atoms with Gasteiger partial charge in [0.15, 0.2) is 0 Å². The lowest BCUT2D eigenvalue weighted by molar-refractivity contribution is -0.389. The fourth-order valence-corrected chi connectivity index (χ4v) is 3.83. The van der Waals surface area contributed by atoms with E-state index in [1.807, 2.05) is 11.9 Å². The van der Waals surface area contributed by atoms with Gasteiger partial charge in [-0.25, -0.2) is 0 Å². The van der Waals surface area contributed by atoms with Crippen LogP contribution in [0.25, 0.3) is 4.96 Å². The van der Waals surface area contributed by atoms with Crippen LogP contribution >= 0.6 is 11.3 Å². The van der Waals surface area contributed by atoms with Crippen LogP contribution in [0.2, 0.25) is 0 Å². The summed E-state index contributed by atoms with van der Waals surface area (Å²) < 4.78 is 1.54. The van der Waals surface area contributed by atoms with E-state index < -0.39 is 0 Å². The van der Waals surface area contributed by atoms with Gasteiger partial charge in [-0.1, -0.05) is 17.8 Å². The fraction of sp³-hybridized carbons (Fsp3) is 0.583. The molecule has 1 saturated carbocycles. The van der Waals surface area contributed by atoms with Crippen LogP contribution < -0.4 is 10.6 Å². The van der Waals surface area contributed by atoms with E-state index in [0.29, 0.717) is 23.2 Å². The number of rotatable bonds is 4. The Morgan fingerprint density at radius 2 is 2.45 bits per heavy atom. The van der Waals surface area contributed by atoms with Crippen LogP contribution in [0, 0.1) is 16.0 Å². The van der Waals surface area contributed by atoms with Crippen molar-refractivity contribution in [2.45, 2.75) is 25.3 Å². The summed E-state index contributed by atoms with van der Waals surface area (Å²) in [5.41, 5.74) is 5.81. The van der Waals surface area contributed by atoms with Crippen molar-refractivity contribution < 1.29 is 4.92 Å². The Hall–Kier alpha value is -1.67. The Labute approximate surface area is 120 Å². The van der Waals surface area contributed by atoms with Gasteiger partial charge >= 0.3 is 5.82 Å². The molecule has 7 nitrogen and oxygen atoms in total. The van der Waals surface area contributed by atoms with Crippen LogP contribution in [0.1, 0.15) is 19.3 Å². The first kappa shape index (κ1) is 13.3. The molecule has 20 heavy (non-hydrogen) atoms. The highest BCUT2D eigenvalue weighted by Crippen LogP contribution is 2.36. The highest BCUT2D eigenvalue weighted by Gasteiger charge is 2.35. The smallest absolute Gasteiger partial charge is 0.358 e. The number of nitrogens with two attached hydrogens (primary N) is 1. The van der Waals surface area contributed by atoms with Crippen molar-refractivity contribution in [3.8, 4) is 0 Å². The third kappa shape index (κ3) is 1.95. The molecule has 0 aromatic carbocycles. The lowest BCUT2D eigenvalue weighted by Gasteiger charge is -2.28. The van der Waals surface area contributed by atoms with E-state index in [1.54, 1.807) is 16.0 Å². The van der Waals surface area contributed by atoms with Crippen LogP contribution in [0.3, 0.4) is 0 Å². The summed E-state index contributed by atoms with van der Waals surface area (Å²) in [4.78, 5) is 18.0. The summed E-state index contributed by atoms with van der Waals surface area (Å²) in [6.07, 6.45) is 4.91. The third-order valence-corrected chi connectivity index (χ3v) is 4.90. The Bertz CT molecular complexity index is 637. The van der Waals surface area contributed by atoms with E-state index in [9.17, 15) is 10.1 Å². The monoisotopic (exact) mass is 295 g/mol. The fourth-order valence-electron chi connectivity index (χ4n) is 3.13. The zero-order valence-corrected chi connectivity index (χ0v) is 12.0. The van der Waals surface area contributed by atoms with Crippen molar-refractivity contribution in [3.63, 3.8) is 0 Å². The number of nitro groups is 1. The van der Waals surface area contributed by atoms with E-state index in [4.69, 9.17) is 5.73 Å². The molecule has 1 fully saturated rings. The van der Waals surface area contributed by atoms with Crippen LogP contribution in [-0.4, -0.2) is 33.9 Å². The maximum Gasteiger partial charge on any atom is 0.373 e. The van der Waals surface area contributed by atoms with Gasteiger partial charge in [0.2, 0.25) is 5.82 Å². The summed E-state index contributed by atoms with van der Waals surface area (Å²) in [5.74, 6) is 0.887. The SMILES string of the molecule is CN(c1nc2sccn2c1[N+](=O)[O-])C1CCCC1CN. The molecule has 2 aromatic rings. The van der Waals surface area contributed by atoms with Crippen molar-refractivity contribution in [1.29, 1.82) is 0 Å². The van der Waals surface area contributed by atoms with Crippen LogP contribution in [0.15, 0.2) is 11.6 Å². The van der Waals surface area contributed by atoms with Gasteiger partial charge in [-0.2, -0.15) is 9.38 Å².